The third kappa shape index (κ3) is 4.69. The molecule has 2 aliphatic rings. The van der Waals surface area contributed by atoms with Gasteiger partial charge < -0.3 is 18.9 Å². The summed E-state index contributed by atoms with van der Waals surface area (Å²) in [6.45, 7) is 20.4. The molecule has 2 saturated heterocycles. The standard InChI is InChI=1S/C22H38BN3O4/c1-15-18(23-29-21(6,7)22(8,9)30-23)16(2)26(24-15)14-17-10-12-25(13-11-17)19(27)28-20(3,4)5/h17H,10-14H2,1-9H3. The summed E-state index contributed by atoms with van der Waals surface area (Å²) in [6.07, 6.45) is 1.68. The van der Waals surface area contributed by atoms with Crippen LogP contribution >= 0.6 is 0 Å². The lowest BCUT2D eigenvalue weighted by Gasteiger charge is -2.33. The Balaban J connectivity index is 1.63. The molecule has 0 bridgehead atoms. The highest BCUT2D eigenvalue weighted by atomic mass is 16.7. The summed E-state index contributed by atoms with van der Waals surface area (Å²) in [7, 11) is -0.391. The predicted molar refractivity (Wildman–Crippen MR) is 118 cm³/mol. The zero-order valence-electron chi connectivity index (χ0n) is 20.2. The molecule has 0 atom stereocenters. The van der Waals surface area contributed by atoms with Crippen molar-refractivity contribution in [1.82, 2.24) is 14.7 Å². The number of likely N-dealkylation sites (tertiary alicyclic amines) is 1. The molecular weight excluding hydrogens is 381 g/mol. The van der Waals surface area contributed by atoms with Gasteiger partial charge in [0.25, 0.3) is 0 Å². The van der Waals surface area contributed by atoms with Gasteiger partial charge in [-0.15, -0.1) is 0 Å². The minimum atomic E-state index is -0.457. The molecule has 0 saturated carbocycles. The molecule has 30 heavy (non-hydrogen) atoms. The van der Waals surface area contributed by atoms with E-state index in [2.05, 4.69) is 39.3 Å². The topological polar surface area (TPSA) is 65.8 Å². The van der Waals surface area contributed by atoms with Crippen molar-refractivity contribution in [2.24, 2.45) is 5.92 Å². The Morgan fingerprint density at radius 2 is 1.67 bits per heavy atom. The van der Waals surface area contributed by atoms with E-state index in [1.54, 1.807) is 0 Å². The summed E-state index contributed by atoms with van der Waals surface area (Å²) >= 11 is 0. The summed E-state index contributed by atoms with van der Waals surface area (Å²) in [4.78, 5) is 14.1. The van der Waals surface area contributed by atoms with Crippen LogP contribution in [-0.4, -0.2) is 57.8 Å². The van der Waals surface area contributed by atoms with Crippen molar-refractivity contribution in [3.8, 4) is 0 Å². The number of aryl methyl sites for hydroxylation is 1. The Kier molecular flexibility index (Phi) is 6.06. The van der Waals surface area contributed by atoms with E-state index < -0.39 is 12.7 Å². The summed E-state index contributed by atoms with van der Waals surface area (Å²) in [5.41, 5.74) is 1.90. The Morgan fingerprint density at radius 3 is 2.17 bits per heavy atom. The number of carbonyl (C=O) groups excluding carboxylic acids is 1. The molecule has 2 fully saturated rings. The van der Waals surface area contributed by atoms with Gasteiger partial charge in [-0.2, -0.15) is 5.10 Å². The van der Waals surface area contributed by atoms with Gasteiger partial charge in [0.1, 0.15) is 5.60 Å². The fourth-order valence-corrected chi connectivity index (χ4v) is 4.06. The smallest absolute Gasteiger partial charge is 0.444 e. The Hall–Kier alpha value is -1.54. The van der Waals surface area contributed by atoms with E-state index in [4.69, 9.17) is 19.1 Å². The number of amides is 1. The molecule has 0 aliphatic carbocycles. The summed E-state index contributed by atoms with van der Waals surface area (Å²) in [5.74, 6) is 0.479. The fraction of sp³-hybridized carbons (Fsp3) is 0.818. The summed E-state index contributed by atoms with van der Waals surface area (Å²) in [5, 5.41) is 4.80. The minimum absolute atomic E-state index is 0.213. The maximum Gasteiger partial charge on any atom is 0.498 e. The van der Waals surface area contributed by atoms with Crippen molar-refractivity contribution in [3.05, 3.63) is 11.4 Å². The van der Waals surface area contributed by atoms with Gasteiger partial charge in [0.2, 0.25) is 0 Å². The van der Waals surface area contributed by atoms with Gasteiger partial charge in [-0.25, -0.2) is 4.79 Å². The second-order valence-electron chi connectivity index (χ2n) is 10.8. The van der Waals surface area contributed by atoms with Gasteiger partial charge in [0, 0.05) is 30.8 Å². The largest absolute Gasteiger partial charge is 0.498 e. The van der Waals surface area contributed by atoms with Crippen LogP contribution in [0.4, 0.5) is 4.79 Å². The van der Waals surface area contributed by atoms with Gasteiger partial charge in [-0.3, -0.25) is 4.68 Å². The Morgan fingerprint density at radius 1 is 1.13 bits per heavy atom. The SMILES string of the molecule is Cc1nn(CC2CCN(C(=O)OC(C)(C)C)CC2)c(C)c1B1OC(C)(C)C(C)(C)O1. The number of piperidine rings is 1. The summed E-state index contributed by atoms with van der Waals surface area (Å²) < 4.78 is 20.1. The van der Waals surface area contributed by atoms with E-state index in [1.807, 2.05) is 32.6 Å². The number of ether oxygens (including phenoxy) is 1. The highest BCUT2D eigenvalue weighted by Gasteiger charge is 2.53. The highest BCUT2D eigenvalue weighted by molar-refractivity contribution is 6.63. The lowest BCUT2D eigenvalue weighted by Crippen LogP contribution is -2.42. The first-order valence-corrected chi connectivity index (χ1v) is 11.1. The molecular formula is C22H38BN3O4. The Labute approximate surface area is 181 Å². The van der Waals surface area contributed by atoms with Crippen molar-refractivity contribution in [2.45, 2.75) is 98.5 Å². The molecule has 0 N–H and O–H groups in total. The van der Waals surface area contributed by atoms with Crippen LogP contribution in [0.1, 0.15) is 72.7 Å². The first-order chi connectivity index (χ1) is 13.7. The highest BCUT2D eigenvalue weighted by Crippen LogP contribution is 2.37. The lowest BCUT2D eigenvalue weighted by molar-refractivity contribution is 0.00578. The average Bonchev–Trinajstić information content (AvgIpc) is 2.97. The van der Waals surface area contributed by atoms with Gasteiger partial charge in [-0.1, -0.05) is 0 Å². The van der Waals surface area contributed by atoms with E-state index in [9.17, 15) is 4.79 Å². The fourth-order valence-electron chi connectivity index (χ4n) is 4.06. The van der Waals surface area contributed by atoms with Crippen molar-refractivity contribution in [1.29, 1.82) is 0 Å². The number of nitrogens with zero attached hydrogens (tertiary/aromatic N) is 3. The first-order valence-electron chi connectivity index (χ1n) is 11.1. The van der Waals surface area contributed by atoms with E-state index >= 15 is 0 Å². The first kappa shape index (κ1) is 23.1. The van der Waals surface area contributed by atoms with E-state index in [0.717, 1.165) is 49.3 Å². The number of rotatable bonds is 3. The number of hydrogen-bond donors (Lipinski definition) is 0. The maximum absolute atomic E-state index is 12.3. The van der Waals surface area contributed by atoms with Gasteiger partial charge in [0.05, 0.1) is 16.9 Å². The quantitative estimate of drug-likeness (QED) is 0.703. The molecule has 168 valence electrons. The van der Waals surface area contributed by atoms with E-state index in [0.29, 0.717) is 5.92 Å². The zero-order chi connectivity index (χ0) is 22.5. The molecule has 0 aromatic carbocycles. The number of hydrogen-bond acceptors (Lipinski definition) is 5. The van der Waals surface area contributed by atoms with E-state index in [-0.39, 0.29) is 17.3 Å². The molecule has 8 heteroatoms. The second kappa shape index (κ2) is 7.86. The zero-order valence-corrected chi connectivity index (χ0v) is 20.2. The van der Waals surface area contributed by atoms with Crippen LogP contribution in [0.2, 0.25) is 0 Å². The van der Waals surface area contributed by atoms with Crippen LogP contribution in [0.3, 0.4) is 0 Å². The molecule has 0 spiro atoms. The predicted octanol–water partition coefficient (Wildman–Crippen LogP) is 3.45. The third-order valence-corrected chi connectivity index (χ3v) is 6.62. The molecule has 0 radical (unpaired) electrons. The molecule has 1 amide bonds. The van der Waals surface area contributed by atoms with Crippen LogP contribution in [0.25, 0.3) is 0 Å². The third-order valence-electron chi connectivity index (χ3n) is 6.62. The summed E-state index contributed by atoms with van der Waals surface area (Å²) in [6, 6.07) is 0. The minimum Gasteiger partial charge on any atom is -0.444 e. The van der Waals surface area contributed by atoms with Crippen molar-refractivity contribution >= 4 is 18.7 Å². The lowest BCUT2D eigenvalue weighted by atomic mass is 9.77. The second-order valence-corrected chi connectivity index (χ2v) is 10.8. The van der Waals surface area contributed by atoms with Gasteiger partial charge in [0.15, 0.2) is 0 Å². The van der Waals surface area contributed by atoms with Gasteiger partial charge in [-0.05, 0) is 81.1 Å². The van der Waals surface area contributed by atoms with Crippen molar-refractivity contribution in [2.75, 3.05) is 13.1 Å². The molecule has 7 nitrogen and oxygen atoms in total. The Bertz CT molecular complexity index is 773. The van der Waals surface area contributed by atoms with Crippen LogP contribution in [0.5, 0.6) is 0 Å². The molecule has 2 aliphatic heterocycles. The normalized spacial score (nSPS) is 21.9. The number of carbonyl (C=O) groups is 1. The van der Waals surface area contributed by atoms with E-state index in [1.165, 1.54) is 0 Å². The van der Waals surface area contributed by atoms with Crippen LogP contribution in [0.15, 0.2) is 0 Å². The molecule has 1 aromatic heterocycles. The monoisotopic (exact) mass is 419 g/mol. The van der Waals surface area contributed by atoms with Crippen LogP contribution < -0.4 is 5.46 Å². The van der Waals surface area contributed by atoms with Gasteiger partial charge >= 0.3 is 13.2 Å². The average molecular weight is 419 g/mol. The van der Waals surface area contributed by atoms with Crippen molar-refractivity contribution < 1.29 is 18.8 Å². The molecule has 3 heterocycles. The van der Waals surface area contributed by atoms with Crippen LogP contribution in [-0.2, 0) is 20.6 Å². The molecule has 3 rings (SSSR count). The maximum atomic E-state index is 12.3. The molecule has 0 unspecified atom stereocenters. The van der Waals surface area contributed by atoms with Crippen molar-refractivity contribution in [3.63, 3.8) is 0 Å². The van der Waals surface area contributed by atoms with Crippen LogP contribution in [0, 0.1) is 19.8 Å². The molecule has 1 aromatic rings. The number of aromatic nitrogens is 2.